The Kier molecular flexibility index (Phi) is 12.0. The number of aliphatic hydroxyl groups is 3. The molecule has 0 bridgehead atoms. The summed E-state index contributed by atoms with van der Waals surface area (Å²) >= 11 is 0. The van der Waals surface area contributed by atoms with Gasteiger partial charge >= 0.3 is 5.97 Å². The monoisotopic (exact) mass is 634 g/mol. The fourth-order valence-electron chi connectivity index (χ4n) is 5.74. The lowest BCUT2D eigenvalue weighted by Gasteiger charge is -2.35. The van der Waals surface area contributed by atoms with Crippen molar-refractivity contribution in [2.75, 3.05) is 7.05 Å². The van der Waals surface area contributed by atoms with Crippen molar-refractivity contribution in [1.82, 2.24) is 10.2 Å². The zero-order valence-electron chi connectivity index (χ0n) is 26.1. The second kappa shape index (κ2) is 15.9. The lowest BCUT2D eigenvalue weighted by Crippen LogP contribution is -2.58. The smallest absolute Gasteiger partial charge is 0.326 e. The van der Waals surface area contributed by atoms with Crippen LogP contribution in [0.4, 0.5) is 0 Å². The Labute approximate surface area is 268 Å². The predicted octanol–water partition coefficient (Wildman–Crippen LogP) is 2.22. The average molecular weight is 635 g/mol. The van der Waals surface area contributed by atoms with Gasteiger partial charge in [0.1, 0.15) is 18.2 Å². The number of ether oxygens (including phenoxy) is 2. The summed E-state index contributed by atoms with van der Waals surface area (Å²) in [6.45, 7) is 3.01. The molecular formula is C35H42N2O9. The number of carbonyl (C=O) groups is 3. The molecule has 4 rings (SSSR count). The zero-order valence-corrected chi connectivity index (χ0v) is 26.1. The van der Waals surface area contributed by atoms with E-state index < -0.39 is 66.3 Å². The van der Waals surface area contributed by atoms with Gasteiger partial charge in [0.15, 0.2) is 12.2 Å². The first-order valence-electron chi connectivity index (χ1n) is 15.2. The summed E-state index contributed by atoms with van der Waals surface area (Å²) in [6, 6.07) is 22.9. The standard InChI is InChI=1S/C35H42N2O9/c1-21(2)28(35(43)44)37(3)34(42)32(46-20-23-14-8-5-9-15-23)30(40)29(39)31(45-19-22-12-6-4-7-13-22)33(41)36-27-25-17-11-10-16-24(25)18-26(27)38/h4-17,21,26-32,38-40H,18-20H2,1-3H3,(H,36,41)(H,43,44)/t26-,27?,28?,29+,30+,31+,32+/m0/s1. The number of hydrogen-bond donors (Lipinski definition) is 5. The van der Waals surface area contributed by atoms with Crippen LogP contribution in [-0.2, 0) is 43.5 Å². The van der Waals surface area contributed by atoms with Crippen molar-refractivity contribution in [3.05, 3.63) is 107 Å². The van der Waals surface area contributed by atoms with Crippen LogP contribution in [0.3, 0.4) is 0 Å². The first kappa shape index (κ1) is 34.7. The van der Waals surface area contributed by atoms with Crippen molar-refractivity contribution in [1.29, 1.82) is 0 Å². The van der Waals surface area contributed by atoms with E-state index in [1.807, 2.05) is 18.2 Å². The molecule has 3 aromatic carbocycles. The molecule has 0 heterocycles. The maximum absolute atomic E-state index is 13.8. The molecule has 0 saturated carbocycles. The summed E-state index contributed by atoms with van der Waals surface area (Å²) in [4.78, 5) is 40.6. The van der Waals surface area contributed by atoms with Gasteiger partial charge in [-0.1, -0.05) is 98.8 Å². The van der Waals surface area contributed by atoms with Gasteiger partial charge in [0.2, 0.25) is 0 Å². The number of carbonyl (C=O) groups excluding carboxylic acids is 2. The number of aliphatic hydroxyl groups excluding tert-OH is 3. The Morgan fingerprint density at radius 3 is 1.87 bits per heavy atom. The summed E-state index contributed by atoms with van der Waals surface area (Å²) in [5, 5.41) is 46.4. The average Bonchev–Trinajstić information content (AvgIpc) is 3.35. The summed E-state index contributed by atoms with van der Waals surface area (Å²) < 4.78 is 11.8. The summed E-state index contributed by atoms with van der Waals surface area (Å²) in [5.41, 5.74) is 2.92. The molecule has 3 aromatic rings. The highest BCUT2D eigenvalue weighted by molar-refractivity contribution is 5.87. The van der Waals surface area contributed by atoms with E-state index in [1.165, 1.54) is 7.05 Å². The molecule has 7 atom stereocenters. The van der Waals surface area contributed by atoms with Crippen molar-refractivity contribution < 1.29 is 44.3 Å². The van der Waals surface area contributed by atoms with E-state index in [0.717, 1.165) is 16.0 Å². The Morgan fingerprint density at radius 2 is 1.33 bits per heavy atom. The highest BCUT2D eigenvalue weighted by Crippen LogP contribution is 2.31. The van der Waals surface area contributed by atoms with Gasteiger partial charge in [-0.05, 0) is 28.2 Å². The van der Waals surface area contributed by atoms with Crippen LogP contribution >= 0.6 is 0 Å². The van der Waals surface area contributed by atoms with Crippen LogP contribution < -0.4 is 5.32 Å². The number of fused-ring (bicyclic) bond motifs is 1. The lowest BCUT2D eigenvalue weighted by molar-refractivity contribution is -0.178. The van der Waals surface area contributed by atoms with Crippen molar-refractivity contribution in [3.63, 3.8) is 0 Å². The number of likely N-dealkylation sites (N-methyl/N-ethyl adjacent to an activating group) is 1. The fourth-order valence-corrected chi connectivity index (χ4v) is 5.74. The van der Waals surface area contributed by atoms with Gasteiger partial charge in [-0.25, -0.2) is 4.79 Å². The van der Waals surface area contributed by atoms with Crippen LogP contribution in [0, 0.1) is 5.92 Å². The number of benzene rings is 3. The molecule has 2 amide bonds. The minimum absolute atomic E-state index is 0.121. The molecule has 0 aromatic heterocycles. The van der Waals surface area contributed by atoms with Gasteiger partial charge in [-0.3, -0.25) is 9.59 Å². The third kappa shape index (κ3) is 8.36. The largest absolute Gasteiger partial charge is 0.480 e. The lowest BCUT2D eigenvalue weighted by atomic mass is 9.98. The summed E-state index contributed by atoms with van der Waals surface area (Å²) in [7, 11) is 1.29. The minimum atomic E-state index is -2.02. The first-order chi connectivity index (χ1) is 22.0. The number of nitrogens with zero attached hydrogens (tertiary/aromatic N) is 1. The predicted molar refractivity (Wildman–Crippen MR) is 168 cm³/mol. The highest BCUT2D eigenvalue weighted by Gasteiger charge is 2.44. The van der Waals surface area contributed by atoms with Crippen molar-refractivity contribution in [2.45, 2.75) is 76.1 Å². The maximum atomic E-state index is 13.8. The molecule has 0 fully saturated rings. The molecule has 0 radical (unpaired) electrons. The Hall–Kier alpha value is -4.13. The molecule has 0 aliphatic heterocycles. The molecule has 246 valence electrons. The molecule has 11 heteroatoms. The molecule has 2 unspecified atom stereocenters. The van der Waals surface area contributed by atoms with Crippen molar-refractivity contribution >= 4 is 17.8 Å². The van der Waals surface area contributed by atoms with E-state index in [4.69, 9.17) is 9.47 Å². The molecule has 1 aliphatic carbocycles. The van der Waals surface area contributed by atoms with Crippen LogP contribution in [0.2, 0.25) is 0 Å². The SMILES string of the molecule is CC(C)C(C(=O)O)N(C)C(=O)[C@H](OCc1ccccc1)[C@H](O)[C@@H](O)[C@@H](OCc1ccccc1)C(=O)NC1c2ccccc2C[C@@H]1O. The number of rotatable bonds is 15. The number of hydrogen-bond acceptors (Lipinski definition) is 8. The van der Waals surface area contributed by atoms with E-state index >= 15 is 0 Å². The van der Waals surface area contributed by atoms with E-state index in [2.05, 4.69) is 5.32 Å². The third-order valence-corrected chi connectivity index (χ3v) is 8.17. The molecule has 0 saturated heterocycles. The van der Waals surface area contributed by atoms with Crippen LogP contribution in [0.5, 0.6) is 0 Å². The number of amides is 2. The van der Waals surface area contributed by atoms with E-state index in [9.17, 15) is 34.8 Å². The van der Waals surface area contributed by atoms with Crippen LogP contribution in [0.1, 0.15) is 42.1 Å². The van der Waals surface area contributed by atoms with Gasteiger partial charge in [-0.2, -0.15) is 0 Å². The molecule has 5 N–H and O–H groups in total. The van der Waals surface area contributed by atoms with E-state index in [-0.39, 0.29) is 13.2 Å². The molecule has 11 nitrogen and oxygen atoms in total. The first-order valence-corrected chi connectivity index (χ1v) is 15.2. The number of carboxylic acids is 1. The minimum Gasteiger partial charge on any atom is -0.480 e. The Morgan fingerprint density at radius 1 is 0.826 bits per heavy atom. The maximum Gasteiger partial charge on any atom is 0.326 e. The fraction of sp³-hybridized carbons (Fsp3) is 0.400. The Bertz CT molecular complexity index is 1450. The zero-order chi connectivity index (χ0) is 33.4. The van der Waals surface area contributed by atoms with Crippen LogP contribution in [-0.4, -0.2) is 86.7 Å². The molecule has 0 spiro atoms. The number of nitrogens with one attached hydrogen (secondary N) is 1. The highest BCUT2D eigenvalue weighted by atomic mass is 16.5. The Balaban J connectivity index is 1.63. The van der Waals surface area contributed by atoms with Crippen molar-refractivity contribution in [2.24, 2.45) is 5.92 Å². The number of carboxylic acid groups (broad SMARTS) is 1. The van der Waals surface area contributed by atoms with Gasteiger partial charge in [0.25, 0.3) is 11.8 Å². The van der Waals surface area contributed by atoms with E-state index in [0.29, 0.717) is 17.5 Å². The number of aliphatic carboxylic acids is 1. The molecule has 46 heavy (non-hydrogen) atoms. The van der Waals surface area contributed by atoms with Crippen LogP contribution in [0.25, 0.3) is 0 Å². The molecule has 1 aliphatic rings. The van der Waals surface area contributed by atoms with Gasteiger partial charge in [0, 0.05) is 13.5 Å². The summed E-state index contributed by atoms with van der Waals surface area (Å²) in [6.07, 6.45) is -8.12. The topological polar surface area (TPSA) is 166 Å². The van der Waals surface area contributed by atoms with Gasteiger partial charge in [-0.15, -0.1) is 0 Å². The summed E-state index contributed by atoms with van der Waals surface area (Å²) in [5.74, 6) is -3.46. The van der Waals surface area contributed by atoms with E-state index in [1.54, 1.807) is 80.6 Å². The molecular weight excluding hydrogens is 592 g/mol. The third-order valence-electron chi connectivity index (χ3n) is 8.17. The van der Waals surface area contributed by atoms with Gasteiger partial charge < -0.3 is 40.1 Å². The normalized spacial score (nSPS) is 19.0. The van der Waals surface area contributed by atoms with Crippen molar-refractivity contribution in [3.8, 4) is 0 Å². The second-order valence-corrected chi connectivity index (χ2v) is 11.8. The van der Waals surface area contributed by atoms with Crippen LogP contribution in [0.15, 0.2) is 84.9 Å². The second-order valence-electron chi connectivity index (χ2n) is 11.8. The van der Waals surface area contributed by atoms with Gasteiger partial charge in [0.05, 0.1) is 25.4 Å². The quantitative estimate of drug-likeness (QED) is 0.169.